The quantitative estimate of drug-likeness (QED) is 0.614. The molecule has 0 bridgehead atoms. The van der Waals surface area contributed by atoms with Crippen LogP contribution >= 0.6 is 27.5 Å². The molecule has 0 saturated heterocycles. The van der Waals surface area contributed by atoms with Crippen molar-refractivity contribution in [3.05, 3.63) is 28.2 Å². The molecule has 0 aliphatic heterocycles. The van der Waals surface area contributed by atoms with Crippen molar-refractivity contribution in [1.82, 2.24) is 9.55 Å². The van der Waals surface area contributed by atoms with E-state index >= 15 is 0 Å². The second-order valence-corrected chi connectivity index (χ2v) is 6.43. The first-order valence-corrected chi connectivity index (χ1v) is 7.90. The van der Waals surface area contributed by atoms with Crippen LogP contribution in [-0.4, -0.2) is 15.5 Å². The number of primary amides is 1. The maximum atomic E-state index is 13.6. The van der Waals surface area contributed by atoms with Crippen LogP contribution in [0.4, 0.5) is 4.39 Å². The molecule has 21 heavy (non-hydrogen) atoms. The molecule has 0 fully saturated rings. The number of nitrogens with two attached hydrogens (primary N) is 1. The van der Waals surface area contributed by atoms with Crippen LogP contribution in [0.5, 0.6) is 0 Å². The van der Waals surface area contributed by atoms with Gasteiger partial charge in [-0.05, 0) is 41.8 Å². The Morgan fingerprint density at radius 2 is 2.24 bits per heavy atom. The maximum Gasteiger partial charge on any atom is 0.217 e. The van der Waals surface area contributed by atoms with Crippen molar-refractivity contribution in [2.75, 3.05) is 0 Å². The molecule has 0 aliphatic carbocycles. The first-order valence-electron chi connectivity index (χ1n) is 6.67. The molecule has 1 unspecified atom stereocenters. The Hall–Kier alpha value is -1.14. The van der Waals surface area contributed by atoms with Crippen molar-refractivity contribution in [3.8, 4) is 0 Å². The summed E-state index contributed by atoms with van der Waals surface area (Å²) in [4.78, 5) is 15.2. The number of benzene rings is 1. The summed E-state index contributed by atoms with van der Waals surface area (Å²) in [5.74, 6) is 0.0409. The molecule has 0 saturated carbocycles. The van der Waals surface area contributed by atoms with Crippen molar-refractivity contribution < 1.29 is 9.18 Å². The Kier molecular flexibility index (Phi) is 5.22. The van der Waals surface area contributed by atoms with Crippen LogP contribution in [0.2, 0.25) is 0 Å². The third kappa shape index (κ3) is 3.74. The first-order chi connectivity index (χ1) is 9.90. The monoisotopic (exact) mass is 375 g/mol. The first kappa shape index (κ1) is 16.2. The molecule has 4 nitrogen and oxygen atoms in total. The molecule has 0 spiro atoms. The van der Waals surface area contributed by atoms with Crippen molar-refractivity contribution in [1.29, 1.82) is 0 Å². The smallest absolute Gasteiger partial charge is 0.217 e. The van der Waals surface area contributed by atoms with Gasteiger partial charge in [0.25, 0.3) is 0 Å². The number of aryl methyl sites for hydroxylation is 1. The van der Waals surface area contributed by atoms with Crippen LogP contribution in [0.15, 0.2) is 16.6 Å². The highest BCUT2D eigenvalue weighted by atomic mass is 79.9. The highest BCUT2D eigenvalue weighted by Crippen LogP contribution is 2.28. The van der Waals surface area contributed by atoms with Gasteiger partial charge in [-0.1, -0.05) is 0 Å². The predicted molar refractivity (Wildman–Crippen MR) is 84.7 cm³/mol. The maximum absolute atomic E-state index is 13.6. The van der Waals surface area contributed by atoms with E-state index in [2.05, 4.69) is 20.9 Å². The molecule has 114 valence electrons. The molecule has 1 heterocycles. The Morgan fingerprint density at radius 1 is 1.52 bits per heavy atom. The minimum Gasteiger partial charge on any atom is -0.370 e. The highest BCUT2D eigenvalue weighted by molar-refractivity contribution is 9.10. The van der Waals surface area contributed by atoms with Crippen LogP contribution < -0.4 is 5.73 Å². The summed E-state index contributed by atoms with van der Waals surface area (Å²) in [6.07, 6.45) is 1.84. The number of aromatic nitrogens is 2. The number of carbonyl (C=O) groups is 1. The number of halogens is 3. The fraction of sp³-hybridized carbons (Fsp3) is 0.429. The molecular weight excluding hydrogens is 361 g/mol. The topological polar surface area (TPSA) is 60.9 Å². The normalized spacial score (nSPS) is 12.8. The zero-order chi connectivity index (χ0) is 15.6. The van der Waals surface area contributed by atoms with Crippen LogP contribution in [0.3, 0.4) is 0 Å². The summed E-state index contributed by atoms with van der Waals surface area (Å²) in [5, 5.41) is -0.282. The van der Waals surface area contributed by atoms with Gasteiger partial charge >= 0.3 is 0 Å². The van der Waals surface area contributed by atoms with Gasteiger partial charge in [0.1, 0.15) is 11.6 Å². The van der Waals surface area contributed by atoms with E-state index in [0.29, 0.717) is 35.2 Å². The molecule has 0 radical (unpaired) electrons. The molecule has 1 atom stereocenters. The van der Waals surface area contributed by atoms with E-state index in [4.69, 9.17) is 17.3 Å². The van der Waals surface area contributed by atoms with Crippen LogP contribution in [0.25, 0.3) is 11.0 Å². The number of fused-ring (bicyclic) bond motifs is 1. The SMILES string of the molecule is CC(Cl)c1nc2cc(F)c(Br)cc2n1CCCCC(N)=O. The Labute approximate surface area is 135 Å². The average molecular weight is 377 g/mol. The van der Waals surface area contributed by atoms with Crippen LogP contribution in [0, 0.1) is 5.82 Å². The number of amides is 1. The van der Waals surface area contributed by atoms with E-state index < -0.39 is 0 Å². The fourth-order valence-electron chi connectivity index (χ4n) is 2.25. The van der Waals surface area contributed by atoms with Crippen LogP contribution in [0.1, 0.15) is 37.4 Å². The molecule has 2 aromatic rings. The lowest BCUT2D eigenvalue weighted by molar-refractivity contribution is -0.118. The Balaban J connectivity index is 2.32. The van der Waals surface area contributed by atoms with E-state index in [-0.39, 0.29) is 17.1 Å². The number of nitrogens with zero attached hydrogens (tertiary/aromatic N) is 2. The van der Waals surface area contributed by atoms with Gasteiger partial charge in [-0.2, -0.15) is 0 Å². The summed E-state index contributed by atoms with van der Waals surface area (Å²) in [6, 6.07) is 3.09. The molecule has 1 aromatic heterocycles. The van der Waals surface area contributed by atoms with Gasteiger partial charge in [0, 0.05) is 19.0 Å². The predicted octanol–water partition coefficient (Wildman–Crippen LogP) is 3.89. The molecular formula is C14H16BrClFN3O. The average Bonchev–Trinajstić information content (AvgIpc) is 2.73. The number of imidazole rings is 1. The van der Waals surface area contributed by atoms with Crippen molar-refractivity contribution >= 4 is 44.5 Å². The number of carbonyl (C=O) groups excluding carboxylic acids is 1. The van der Waals surface area contributed by atoms with Crippen molar-refractivity contribution in [2.45, 2.75) is 38.1 Å². The molecule has 0 aliphatic rings. The summed E-state index contributed by atoms with van der Waals surface area (Å²) in [7, 11) is 0. The minimum atomic E-state index is -0.352. The van der Waals surface area contributed by atoms with E-state index in [1.807, 2.05) is 11.5 Å². The summed E-state index contributed by atoms with van der Waals surface area (Å²) in [5.41, 5.74) is 6.53. The Morgan fingerprint density at radius 3 is 2.86 bits per heavy atom. The molecule has 2 N–H and O–H groups in total. The van der Waals surface area contributed by atoms with E-state index in [9.17, 15) is 9.18 Å². The third-order valence-corrected chi connectivity index (χ3v) is 4.03. The molecule has 7 heteroatoms. The minimum absolute atomic E-state index is 0.282. The largest absolute Gasteiger partial charge is 0.370 e. The van der Waals surface area contributed by atoms with Gasteiger partial charge in [0.2, 0.25) is 5.91 Å². The number of rotatable bonds is 6. The van der Waals surface area contributed by atoms with E-state index in [1.165, 1.54) is 6.07 Å². The van der Waals surface area contributed by atoms with Gasteiger partial charge in [-0.3, -0.25) is 4.79 Å². The second kappa shape index (κ2) is 6.75. The lowest BCUT2D eigenvalue weighted by Crippen LogP contribution is -2.11. The number of hydrogen-bond donors (Lipinski definition) is 1. The van der Waals surface area contributed by atoms with Crippen molar-refractivity contribution in [3.63, 3.8) is 0 Å². The summed E-state index contributed by atoms with van der Waals surface area (Å²) < 4.78 is 16.0. The van der Waals surface area contributed by atoms with Gasteiger partial charge < -0.3 is 10.3 Å². The highest BCUT2D eigenvalue weighted by Gasteiger charge is 2.16. The summed E-state index contributed by atoms with van der Waals surface area (Å²) >= 11 is 9.35. The van der Waals surface area contributed by atoms with Crippen LogP contribution in [-0.2, 0) is 11.3 Å². The van der Waals surface area contributed by atoms with E-state index in [0.717, 1.165) is 11.9 Å². The number of hydrogen-bond acceptors (Lipinski definition) is 2. The standard InChI is InChI=1S/C14H16BrClFN3O/c1-8(16)14-19-11-7-10(17)9(15)6-12(11)20(14)5-3-2-4-13(18)21/h6-8H,2-5H2,1H3,(H2,18,21). The van der Waals surface area contributed by atoms with Crippen molar-refractivity contribution in [2.24, 2.45) is 5.73 Å². The molecule has 1 amide bonds. The van der Waals surface area contributed by atoms with E-state index in [1.54, 1.807) is 6.07 Å². The molecule has 1 aromatic carbocycles. The van der Waals surface area contributed by atoms with Gasteiger partial charge in [-0.15, -0.1) is 11.6 Å². The third-order valence-electron chi connectivity index (χ3n) is 3.23. The zero-order valence-corrected chi connectivity index (χ0v) is 13.9. The second-order valence-electron chi connectivity index (χ2n) is 4.92. The molecule has 2 rings (SSSR count). The number of unbranched alkanes of at least 4 members (excludes halogenated alkanes) is 1. The zero-order valence-electron chi connectivity index (χ0n) is 11.6. The van der Waals surface area contributed by atoms with Gasteiger partial charge in [0.15, 0.2) is 0 Å². The lowest BCUT2D eigenvalue weighted by Gasteiger charge is -2.10. The van der Waals surface area contributed by atoms with Gasteiger partial charge in [-0.25, -0.2) is 9.37 Å². The van der Waals surface area contributed by atoms with Gasteiger partial charge in [0.05, 0.1) is 20.9 Å². The lowest BCUT2D eigenvalue weighted by atomic mass is 10.2. The fourth-order valence-corrected chi connectivity index (χ4v) is 2.74. The summed E-state index contributed by atoms with van der Waals surface area (Å²) in [6.45, 7) is 2.49. The number of alkyl halides is 1. The Bertz CT molecular complexity index is 672.